The van der Waals surface area contributed by atoms with Gasteiger partial charge in [-0.15, -0.1) is 0 Å². The van der Waals surface area contributed by atoms with Crippen molar-refractivity contribution in [2.24, 2.45) is 5.92 Å². The third-order valence-electron chi connectivity index (χ3n) is 1.17. The first-order valence-electron chi connectivity index (χ1n) is 3.02. The molecule has 1 atom stereocenters. The minimum Gasteiger partial charge on any atom is -0.396 e. The van der Waals surface area contributed by atoms with Gasteiger partial charge in [-0.25, -0.2) is 0 Å². The number of hydrogen-bond acceptors (Lipinski definition) is 1. The van der Waals surface area contributed by atoms with E-state index in [1.165, 1.54) is 12.8 Å². The Morgan fingerprint density at radius 1 is 1.62 bits per heavy atom. The molecule has 0 heterocycles. The van der Waals surface area contributed by atoms with Gasteiger partial charge in [0.1, 0.15) is 0 Å². The highest BCUT2D eigenvalue weighted by Gasteiger charge is 2.01. The van der Waals surface area contributed by atoms with Crippen molar-refractivity contribution in [1.29, 1.82) is 0 Å². The van der Waals surface area contributed by atoms with Gasteiger partial charge in [0, 0.05) is 11.0 Å². The van der Waals surface area contributed by atoms with E-state index < -0.39 is 0 Å². The summed E-state index contributed by atoms with van der Waals surface area (Å²) in [5.74, 6) is 0.542. The highest BCUT2D eigenvalue weighted by atomic mass is 127. The van der Waals surface area contributed by atoms with Gasteiger partial charge in [0.15, 0.2) is 0 Å². The summed E-state index contributed by atoms with van der Waals surface area (Å²) in [6.45, 7) is 2.51. The highest BCUT2D eigenvalue weighted by Crippen LogP contribution is 2.07. The van der Waals surface area contributed by atoms with E-state index in [2.05, 4.69) is 29.5 Å². The van der Waals surface area contributed by atoms with Crippen molar-refractivity contribution in [3.63, 3.8) is 0 Å². The monoisotopic (exact) mass is 228 g/mol. The molecule has 0 aromatic carbocycles. The van der Waals surface area contributed by atoms with E-state index >= 15 is 0 Å². The summed E-state index contributed by atoms with van der Waals surface area (Å²) in [7, 11) is 0. The zero-order valence-electron chi connectivity index (χ0n) is 5.23. The average Bonchev–Trinajstić information content (AvgIpc) is 1.83. The molecule has 0 radical (unpaired) electrons. The van der Waals surface area contributed by atoms with Crippen molar-refractivity contribution in [3.05, 3.63) is 0 Å². The standard InChI is InChI=1S/C6H13IO/c1-2-3-6(4-7)5-8/h6,8H,2-5H2,1H3/t6-/m0/s1. The maximum absolute atomic E-state index is 8.65. The lowest BCUT2D eigenvalue weighted by Crippen LogP contribution is -2.05. The fourth-order valence-electron chi connectivity index (χ4n) is 0.625. The highest BCUT2D eigenvalue weighted by molar-refractivity contribution is 14.1. The summed E-state index contributed by atoms with van der Waals surface area (Å²) < 4.78 is 1.09. The van der Waals surface area contributed by atoms with E-state index in [1.54, 1.807) is 0 Å². The Labute approximate surface area is 64.6 Å². The topological polar surface area (TPSA) is 20.2 Å². The molecule has 0 saturated heterocycles. The van der Waals surface area contributed by atoms with Crippen LogP contribution in [0.2, 0.25) is 0 Å². The van der Waals surface area contributed by atoms with E-state index in [4.69, 9.17) is 5.11 Å². The van der Waals surface area contributed by atoms with Crippen LogP contribution in [0.5, 0.6) is 0 Å². The van der Waals surface area contributed by atoms with Crippen molar-refractivity contribution in [3.8, 4) is 0 Å². The number of aliphatic hydroxyl groups excluding tert-OH is 1. The molecular formula is C6H13IO. The molecule has 0 aromatic heterocycles. The Kier molecular flexibility index (Phi) is 6.32. The lowest BCUT2D eigenvalue weighted by Gasteiger charge is -2.06. The average molecular weight is 228 g/mol. The third kappa shape index (κ3) is 3.66. The summed E-state index contributed by atoms with van der Waals surface area (Å²) in [5.41, 5.74) is 0. The van der Waals surface area contributed by atoms with Crippen LogP contribution in [0.1, 0.15) is 19.8 Å². The summed E-state index contributed by atoms with van der Waals surface area (Å²) in [6.07, 6.45) is 2.35. The van der Waals surface area contributed by atoms with E-state index in [9.17, 15) is 0 Å². The van der Waals surface area contributed by atoms with Crippen molar-refractivity contribution >= 4 is 22.6 Å². The molecule has 2 heteroatoms. The molecule has 0 aromatic rings. The summed E-state index contributed by atoms with van der Waals surface area (Å²) in [5, 5.41) is 8.65. The molecule has 0 amide bonds. The van der Waals surface area contributed by atoms with E-state index in [0.29, 0.717) is 12.5 Å². The third-order valence-corrected chi connectivity index (χ3v) is 2.42. The quantitative estimate of drug-likeness (QED) is 0.574. The molecule has 0 unspecified atom stereocenters. The predicted molar refractivity (Wildman–Crippen MR) is 44.4 cm³/mol. The van der Waals surface area contributed by atoms with E-state index in [-0.39, 0.29) is 0 Å². The Hall–Kier alpha value is 0.690. The Bertz CT molecular complexity index is 43.8. The number of alkyl halides is 1. The van der Waals surface area contributed by atoms with Gasteiger partial charge in [-0.3, -0.25) is 0 Å². The molecule has 0 aliphatic heterocycles. The second-order valence-corrected chi connectivity index (χ2v) is 2.87. The molecule has 8 heavy (non-hydrogen) atoms. The van der Waals surface area contributed by atoms with Gasteiger partial charge >= 0.3 is 0 Å². The SMILES string of the molecule is CCC[C@H](CO)CI. The van der Waals surface area contributed by atoms with Gasteiger partial charge < -0.3 is 5.11 Å². The molecule has 0 fully saturated rings. The number of hydrogen-bond donors (Lipinski definition) is 1. The normalized spacial score (nSPS) is 13.9. The van der Waals surface area contributed by atoms with Crippen molar-refractivity contribution in [2.75, 3.05) is 11.0 Å². The van der Waals surface area contributed by atoms with Gasteiger partial charge in [-0.05, 0) is 12.3 Å². The minimum absolute atomic E-state index is 0.358. The van der Waals surface area contributed by atoms with Gasteiger partial charge in [-0.1, -0.05) is 35.9 Å². The summed E-state index contributed by atoms with van der Waals surface area (Å²) in [4.78, 5) is 0. The van der Waals surface area contributed by atoms with Crippen LogP contribution in [-0.2, 0) is 0 Å². The van der Waals surface area contributed by atoms with Crippen LogP contribution < -0.4 is 0 Å². The van der Waals surface area contributed by atoms with Crippen LogP contribution in [0.25, 0.3) is 0 Å². The molecule has 50 valence electrons. The van der Waals surface area contributed by atoms with Crippen LogP contribution in [0.15, 0.2) is 0 Å². The lowest BCUT2D eigenvalue weighted by molar-refractivity contribution is 0.234. The summed E-state index contributed by atoms with van der Waals surface area (Å²) >= 11 is 2.31. The smallest absolute Gasteiger partial charge is 0.0466 e. The first-order chi connectivity index (χ1) is 3.85. The minimum atomic E-state index is 0.358. The molecule has 1 N–H and O–H groups in total. The summed E-state index contributed by atoms with van der Waals surface area (Å²) in [6, 6.07) is 0. The predicted octanol–water partition coefficient (Wildman–Crippen LogP) is 1.83. The Balaban J connectivity index is 3.07. The molecule has 0 spiro atoms. The fourth-order valence-corrected chi connectivity index (χ4v) is 1.34. The largest absolute Gasteiger partial charge is 0.396 e. The number of rotatable bonds is 4. The van der Waals surface area contributed by atoms with Gasteiger partial charge in [-0.2, -0.15) is 0 Å². The molecule has 0 aliphatic rings. The van der Waals surface area contributed by atoms with Gasteiger partial charge in [0.25, 0.3) is 0 Å². The van der Waals surface area contributed by atoms with E-state index in [0.717, 1.165) is 4.43 Å². The second-order valence-electron chi connectivity index (χ2n) is 1.99. The molecule has 0 aliphatic carbocycles. The van der Waals surface area contributed by atoms with Crippen molar-refractivity contribution < 1.29 is 5.11 Å². The fraction of sp³-hybridized carbons (Fsp3) is 1.00. The van der Waals surface area contributed by atoms with Crippen LogP contribution in [0, 0.1) is 5.92 Å². The van der Waals surface area contributed by atoms with Crippen LogP contribution >= 0.6 is 22.6 Å². The maximum atomic E-state index is 8.65. The molecule has 0 saturated carbocycles. The van der Waals surface area contributed by atoms with Gasteiger partial charge in [0.05, 0.1) is 0 Å². The first kappa shape index (κ1) is 8.69. The van der Waals surface area contributed by atoms with Crippen LogP contribution in [-0.4, -0.2) is 16.1 Å². The van der Waals surface area contributed by atoms with Crippen LogP contribution in [0.4, 0.5) is 0 Å². The first-order valence-corrected chi connectivity index (χ1v) is 4.54. The van der Waals surface area contributed by atoms with Crippen LogP contribution in [0.3, 0.4) is 0 Å². The zero-order valence-corrected chi connectivity index (χ0v) is 7.39. The molecule has 1 nitrogen and oxygen atoms in total. The van der Waals surface area contributed by atoms with E-state index in [1.807, 2.05) is 0 Å². The van der Waals surface area contributed by atoms with Gasteiger partial charge in [0.2, 0.25) is 0 Å². The second kappa shape index (κ2) is 5.82. The van der Waals surface area contributed by atoms with Crippen molar-refractivity contribution in [2.45, 2.75) is 19.8 Å². The Morgan fingerprint density at radius 2 is 2.25 bits per heavy atom. The Morgan fingerprint density at radius 3 is 2.38 bits per heavy atom. The van der Waals surface area contributed by atoms with Crippen molar-refractivity contribution in [1.82, 2.24) is 0 Å². The number of aliphatic hydroxyl groups is 1. The number of halogens is 1. The zero-order chi connectivity index (χ0) is 6.41. The molecule has 0 bridgehead atoms. The molecule has 0 rings (SSSR count). The lowest BCUT2D eigenvalue weighted by atomic mass is 10.1. The molecular weight excluding hydrogens is 215 g/mol. The maximum Gasteiger partial charge on any atom is 0.0466 e.